The van der Waals surface area contributed by atoms with Crippen LogP contribution in [0.4, 0.5) is 11.5 Å². The zero-order valence-corrected chi connectivity index (χ0v) is 8.97. The zero-order chi connectivity index (χ0) is 11.4. The normalized spacial score (nSPS) is 9.81. The number of hydrogen-bond acceptors (Lipinski definition) is 3. The number of benzene rings is 1. The van der Waals surface area contributed by atoms with Gasteiger partial charge in [-0.3, -0.25) is 4.79 Å². The maximum absolute atomic E-state index is 11.1. The molecule has 2 rings (SSSR count). The van der Waals surface area contributed by atoms with Crippen molar-refractivity contribution in [3.8, 4) is 0 Å². The van der Waals surface area contributed by atoms with Gasteiger partial charge in [-0.05, 0) is 31.2 Å². The van der Waals surface area contributed by atoms with E-state index < -0.39 is 0 Å². The van der Waals surface area contributed by atoms with Crippen LogP contribution in [0.2, 0.25) is 0 Å². The smallest absolute Gasteiger partial charge is 0.161 e. The summed E-state index contributed by atoms with van der Waals surface area (Å²) in [5, 5.41) is 3.15. The molecule has 80 valence electrons. The van der Waals surface area contributed by atoms with Crippen molar-refractivity contribution in [2.75, 3.05) is 5.32 Å². The van der Waals surface area contributed by atoms with Crippen molar-refractivity contribution >= 4 is 17.3 Å². The van der Waals surface area contributed by atoms with Crippen molar-refractivity contribution in [3.05, 3.63) is 54.2 Å². The van der Waals surface area contributed by atoms with Gasteiger partial charge in [0.15, 0.2) is 5.78 Å². The van der Waals surface area contributed by atoms with Gasteiger partial charge in [0.25, 0.3) is 0 Å². The molecule has 0 bridgehead atoms. The molecule has 0 unspecified atom stereocenters. The summed E-state index contributed by atoms with van der Waals surface area (Å²) >= 11 is 0. The van der Waals surface area contributed by atoms with Gasteiger partial charge < -0.3 is 5.32 Å². The third-order valence-electron chi connectivity index (χ3n) is 2.22. The van der Waals surface area contributed by atoms with Crippen molar-refractivity contribution in [1.82, 2.24) is 4.98 Å². The van der Waals surface area contributed by atoms with Crippen molar-refractivity contribution in [1.29, 1.82) is 0 Å². The molecule has 1 N–H and O–H groups in total. The van der Waals surface area contributed by atoms with Gasteiger partial charge in [-0.2, -0.15) is 0 Å². The highest BCUT2D eigenvalue weighted by Crippen LogP contribution is 2.13. The Morgan fingerprint density at radius 1 is 1.12 bits per heavy atom. The molecule has 0 spiro atoms. The van der Waals surface area contributed by atoms with Crippen molar-refractivity contribution < 1.29 is 4.79 Å². The topological polar surface area (TPSA) is 42.0 Å². The lowest BCUT2D eigenvalue weighted by Gasteiger charge is -2.05. The monoisotopic (exact) mass is 212 g/mol. The highest BCUT2D eigenvalue weighted by molar-refractivity contribution is 5.93. The van der Waals surface area contributed by atoms with Gasteiger partial charge in [-0.25, -0.2) is 4.98 Å². The molecule has 1 heterocycles. The van der Waals surface area contributed by atoms with Gasteiger partial charge in [0, 0.05) is 17.4 Å². The second kappa shape index (κ2) is 4.57. The van der Waals surface area contributed by atoms with E-state index in [1.807, 2.05) is 30.3 Å². The fourth-order valence-electron chi connectivity index (χ4n) is 1.35. The van der Waals surface area contributed by atoms with E-state index in [2.05, 4.69) is 10.3 Å². The number of hydrogen-bond donors (Lipinski definition) is 1. The van der Waals surface area contributed by atoms with E-state index in [-0.39, 0.29) is 5.78 Å². The number of carbonyl (C=O) groups is 1. The Labute approximate surface area is 94.1 Å². The van der Waals surface area contributed by atoms with Crippen molar-refractivity contribution in [2.24, 2.45) is 0 Å². The Kier molecular flexibility index (Phi) is 2.96. The second-order valence-corrected chi connectivity index (χ2v) is 3.48. The van der Waals surface area contributed by atoms with E-state index in [9.17, 15) is 4.79 Å². The molecule has 1 aromatic carbocycles. The fraction of sp³-hybridized carbons (Fsp3) is 0.0769. The molecule has 0 aliphatic rings. The SMILES string of the molecule is CC(=O)c1ccc(Nc2ccccc2)nc1. The minimum absolute atomic E-state index is 0.0266. The van der Waals surface area contributed by atoms with Crippen LogP contribution in [0.1, 0.15) is 17.3 Å². The highest BCUT2D eigenvalue weighted by atomic mass is 16.1. The number of ketones is 1. The van der Waals surface area contributed by atoms with E-state index in [1.54, 1.807) is 18.3 Å². The van der Waals surface area contributed by atoms with Gasteiger partial charge in [-0.1, -0.05) is 18.2 Å². The summed E-state index contributed by atoms with van der Waals surface area (Å²) in [6, 6.07) is 13.3. The fourth-order valence-corrected chi connectivity index (χ4v) is 1.35. The Hall–Kier alpha value is -2.16. The first kappa shape index (κ1) is 10.4. The third kappa shape index (κ3) is 2.45. The first-order chi connectivity index (χ1) is 7.75. The van der Waals surface area contributed by atoms with Crippen LogP contribution < -0.4 is 5.32 Å². The molecule has 0 aliphatic heterocycles. The maximum Gasteiger partial charge on any atom is 0.161 e. The summed E-state index contributed by atoms with van der Waals surface area (Å²) in [5.41, 5.74) is 1.60. The molecule has 0 saturated heterocycles. The van der Waals surface area contributed by atoms with Crippen LogP contribution >= 0.6 is 0 Å². The van der Waals surface area contributed by atoms with E-state index in [1.165, 1.54) is 6.92 Å². The molecule has 0 fully saturated rings. The van der Waals surface area contributed by atoms with Gasteiger partial charge in [0.1, 0.15) is 5.82 Å². The Balaban J connectivity index is 2.14. The average Bonchev–Trinajstić information content (AvgIpc) is 2.31. The van der Waals surface area contributed by atoms with Crippen LogP contribution in [-0.4, -0.2) is 10.8 Å². The summed E-state index contributed by atoms with van der Waals surface area (Å²) in [7, 11) is 0. The Morgan fingerprint density at radius 3 is 2.44 bits per heavy atom. The van der Waals surface area contributed by atoms with Crippen LogP contribution in [-0.2, 0) is 0 Å². The molecular weight excluding hydrogens is 200 g/mol. The maximum atomic E-state index is 11.1. The zero-order valence-electron chi connectivity index (χ0n) is 8.97. The van der Waals surface area contributed by atoms with E-state index >= 15 is 0 Å². The van der Waals surface area contributed by atoms with E-state index in [4.69, 9.17) is 0 Å². The number of aromatic nitrogens is 1. The second-order valence-electron chi connectivity index (χ2n) is 3.48. The molecule has 3 heteroatoms. The highest BCUT2D eigenvalue weighted by Gasteiger charge is 1.99. The molecule has 0 aliphatic carbocycles. The predicted octanol–water partition coefficient (Wildman–Crippen LogP) is 3.03. The Morgan fingerprint density at radius 2 is 1.88 bits per heavy atom. The number of para-hydroxylation sites is 1. The molecular formula is C13H12N2O. The average molecular weight is 212 g/mol. The van der Waals surface area contributed by atoms with Crippen LogP contribution in [0.25, 0.3) is 0 Å². The summed E-state index contributed by atoms with van der Waals surface area (Å²) in [6.45, 7) is 1.53. The molecule has 3 nitrogen and oxygen atoms in total. The number of nitrogens with zero attached hydrogens (tertiary/aromatic N) is 1. The number of carbonyl (C=O) groups excluding carboxylic acids is 1. The lowest BCUT2D eigenvalue weighted by Crippen LogP contribution is -1.96. The van der Waals surface area contributed by atoms with Crippen LogP contribution in [0.5, 0.6) is 0 Å². The molecule has 16 heavy (non-hydrogen) atoms. The molecule has 1 aromatic heterocycles. The standard InChI is InChI=1S/C13H12N2O/c1-10(16)11-7-8-13(14-9-11)15-12-5-3-2-4-6-12/h2-9H,1H3,(H,14,15). The third-order valence-corrected chi connectivity index (χ3v) is 2.22. The number of anilines is 2. The lowest BCUT2D eigenvalue weighted by molar-refractivity contribution is 0.101. The first-order valence-electron chi connectivity index (χ1n) is 5.05. The number of rotatable bonds is 3. The summed E-state index contributed by atoms with van der Waals surface area (Å²) in [5.74, 6) is 0.759. The van der Waals surface area contributed by atoms with Crippen LogP contribution in [0.3, 0.4) is 0 Å². The summed E-state index contributed by atoms with van der Waals surface area (Å²) in [4.78, 5) is 15.2. The lowest BCUT2D eigenvalue weighted by atomic mass is 10.2. The van der Waals surface area contributed by atoms with E-state index in [0.29, 0.717) is 5.56 Å². The largest absolute Gasteiger partial charge is 0.340 e. The molecule has 0 saturated carbocycles. The van der Waals surface area contributed by atoms with Gasteiger partial charge in [-0.15, -0.1) is 0 Å². The number of Topliss-reactive ketones (excluding diaryl/α,β-unsaturated/α-hetero) is 1. The molecule has 0 radical (unpaired) electrons. The van der Waals surface area contributed by atoms with Crippen LogP contribution in [0.15, 0.2) is 48.7 Å². The minimum Gasteiger partial charge on any atom is -0.340 e. The van der Waals surface area contributed by atoms with Gasteiger partial charge in [0.05, 0.1) is 0 Å². The van der Waals surface area contributed by atoms with Crippen LogP contribution in [0, 0.1) is 0 Å². The van der Waals surface area contributed by atoms with Gasteiger partial charge >= 0.3 is 0 Å². The summed E-state index contributed by atoms with van der Waals surface area (Å²) < 4.78 is 0. The van der Waals surface area contributed by atoms with Gasteiger partial charge in [0.2, 0.25) is 0 Å². The predicted molar refractivity (Wildman–Crippen MR) is 64.0 cm³/mol. The Bertz CT molecular complexity index is 477. The molecule has 0 amide bonds. The van der Waals surface area contributed by atoms with Crippen molar-refractivity contribution in [2.45, 2.75) is 6.92 Å². The minimum atomic E-state index is 0.0266. The number of nitrogens with one attached hydrogen (secondary N) is 1. The first-order valence-corrected chi connectivity index (χ1v) is 5.05. The summed E-state index contributed by atoms with van der Waals surface area (Å²) in [6.07, 6.45) is 1.58. The van der Waals surface area contributed by atoms with Crippen molar-refractivity contribution in [3.63, 3.8) is 0 Å². The quantitative estimate of drug-likeness (QED) is 0.795. The molecule has 2 aromatic rings. The molecule has 0 atom stereocenters. The van der Waals surface area contributed by atoms with E-state index in [0.717, 1.165) is 11.5 Å². The number of pyridine rings is 1.